The Balaban J connectivity index is 1.13. The fourth-order valence-corrected chi connectivity index (χ4v) is 4.96. The maximum Gasteiger partial charge on any atom is 0.407 e. The molecule has 1 aliphatic heterocycles. The molecule has 6 heteroatoms. The van der Waals surface area contributed by atoms with Crippen LogP contribution in [-0.2, 0) is 14.2 Å². The van der Waals surface area contributed by atoms with E-state index in [1.165, 1.54) is 22.3 Å². The fraction of sp³-hybridized carbons (Fsp3) is 0.240. The van der Waals surface area contributed by atoms with Crippen LogP contribution in [0.4, 0.5) is 4.79 Å². The summed E-state index contributed by atoms with van der Waals surface area (Å²) in [5.41, 5.74) is 5.92. The molecule has 1 N–H and O–H groups in total. The molecule has 0 atom stereocenters. The van der Waals surface area contributed by atoms with Crippen molar-refractivity contribution in [3.63, 3.8) is 0 Å². The summed E-state index contributed by atoms with van der Waals surface area (Å²) in [6.45, 7) is 1.99. The van der Waals surface area contributed by atoms with Gasteiger partial charge in [0, 0.05) is 12.5 Å². The number of hydrogen-bond donors (Lipinski definition) is 1. The van der Waals surface area contributed by atoms with E-state index in [1.54, 1.807) is 11.3 Å². The van der Waals surface area contributed by atoms with Crippen LogP contribution in [0.3, 0.4) is 0 Å². The van der Waals surface area contributed by atoms with E-state index in [0.717, 1.165) is 10.4 Å². The number of hydrogen-bond acceptors (Lipinski definition) is 5. The lowest BCUT2D eigenvalue weighted by atomic mass is 9.98. The Labute approximate surface area is 185 Å². The first-order chi connectivity index (χ1) is 15.3. The highest BCUT2D eigenvalue weighted by Crippen LogP contribution is 2.44. The number of rotatable bonds is 6. The van der Waals surface area contributed by atoms with Crippen molar-refractivity contribution < 1.29 is 19.0 Å². The molecule has 5 nitrogen and oxygen atoms in total. The summed E-state index contributed by atoms with van der Waals surface area (Å²) in [5, 5.41) is 4.84. The second-order valence-electron chi connectivity index (χ2n) is 7.46. The number of carbonyl (C=O) groups is 1. The lowest BCUT2D eigenvalue weighted by molar-refractivity contribution is -0.0413. The Morgan fingerprint density at radius 1 is 1.06 bits per heavy atom. The molecule has 2 aliphatic rings. The lowest BCUT2D eigenvalue weighted by Crippen LogP contribution is -2.26. The van der Waals surface area contributed by atoms with Crippen molar-refractivity contribution in [2.24, 2.45) is 0 Å². The molecule has 158 valence electrons. The molecule has 31 heavy (non-hydrogen) atoms. The van der Waals surface area contributed by atoms with E-state index in [4.69, 9.17) is 14.2 Å². The minimum atomic E-state index is -0.412. The summed E-state index contributed by atoms with van der Waals surface area (Å²) in [6, 6.07) is 18.7. The van der Waals surface area contributed by atoms with Gasteiger partial charge in [-0.05, 0) is 39.3 Å². The largest absolute Gasteiger partial charge is 0.449 e. The number of amides is 1. The predicted molar refractivity (Wildman–Crippen MR) is 121 cm³/mol. The average Bonchev–Trinajstić information content (AvgIpc) is 3.55. The van der Waals surface area contributed by atoms with Gasteiger partial charge in [0.15, 0.2) is 6.29 Å². The van der Waals surface area contributed by atoms with Gasteiger partial charge in [0.1, 0.15) is 6.61 Å². The first kappa shape index (κ1) is 20.0. The minimum Gasteiger partial charge on any atom is -0.449 e. The van der Waals surface area contributed by atoms with E-state index in [1.807, 2.05) is 47.9 Å². The van der Waals surface area contributed by atoms with Crippen LogP contribution < -0.4 is 5.32 Å². The molecule has 2 aromatic carbocycles. The van der Waals surface area contributed by atoms with Gasteiger partial charge < -0.3 is 19.5 Å². The Morgan fingerprint density at radius 3 is 2.45 bits per heavy atom. The van der Waals surface area contributed by atoms with Crippen LogP contribution in [0.5, 0.6) is 0 Å². The maximum atomic E-state index is 12.2. The zero-order chi connectivity index (χ0) is 21.0. The van der Waals surface area contributed by atoms with Crippen LogP contribution in [0.2, 0.25) is 0 Å². The molecule has 0 bridgehead atoms. The SMILES string of the molecule is O=C(NCC=Cc1csc(C2OCCO2)c1)OCC1c2ccccc2-c2ccccc21. The Hall–Kier alpha value is -2.93. The van der Waals surface area contributed by atoms with Gasteiger partial charge in [-0.25, -0.2) is 4.79 Å². The van der Waals surface area contributed by atoms with Crippen LogP contribution in [0.15, 0.2) is 66.1 Å². The third-order valence-corrected chi connectivity index (χ3v) is 6.48. The fourth-order valence-electron chi connectivity index (χ4n) is 4.09. The molecule has 1 fully saturated rings. The normalized spacial score (nSPS) is 15.9. The summed E-state index contributed by atoms with van der Waals surface area (Å²) in [5.74, 6) is 0.0675. The van der Waals surface area contributed by atoms with Gasteiger partial charge >= 0.3 is 6.09 Å². The van der Waals surface area contributed by atoms with Crippen LogP contribution >= 0.6 is 11.3 Å². The molecule has 3 aromatic rings. The first-order valence-corrected chi connectivity index (χ1v) is 11.2. The standard InChI is InChI=1S/C25H23NO4S/c27-25(26-11-5-6-17-14-23(31-16-17)24-28-12-13-29-24)30-15-22-20-9-3-1-7-18(20)19-8-2-4-10-21(19)22/h1-10,14,16,22,24H,11-13,15H2,(H,26,27). The Kier molecular flexibility index (Phi) is 5.84. The summed E-state index contributed by atoms with van der Waals surface area (Å²) < 4.78 is 16.6. The molecule has 0 unspecified atom stereocenters. The van der Waals surface area contributed by atoms with Crippen molar-refractivity contribution in [2.45, 2.75) is 12.2 Å². The summed E-state index contributed by atoms with van der Waals surface area (Å²) in [7, 11) is 0. The lowest BCUT2D eigenvalue weighted by Gasteiger charge is -2.14. The number of carbonyl (C=O) groups excluding carboxylic acids is 1. The van der Waals surface area contributed by atoms with Crippen molar-refractivity contribution in [2.75, 3.05) is 26.4 Å². The Morgan fingerprint density at radius 2 is 1.74 bits per heavy atom. The predicted octanol–water partition coefficient (Wildman–Crippen LogP) is 5.35. The zero-order valence-corrected chi connectivity index (χ0v) is 17.8. The van der Waals surface area contributed by atoms with E-state index in [0.29, 0.717) is 26.4 Å². The number of alkyl carbamates (subject to hydrolysis) is 1. The summed E-state index contributed by atoms with van der Waals surface area (Å²) >= 11 is 1.61. The Bertz CT molecular complexity index is 1050. The third-order valence-electron chi connectivity index (χ3n) is 5.51. The highest BCUT2D eigenvalue weighted by molar-refractivity contribution is 7.10. The topological polar surface area (TPSA) is 56.8 Å². The highest BCUT2D eigenvalue weighted by atomic mass is 32.1. The second kappa shape index (κ2) is 9.06. The number of nitrogens with one attached hydrogen (secondary N) is 1. The summed E-state index contributed by atoms with van der Waals surface area (Å²) in [4.78, 5) is 13.3. The molecular weight excluding hydrogens is 410 g/mol. The van der Waals surface area contributed by atoms with E-state index in [2.05, 4.69) is 29.6 Å². The van der Waals surface area contributed by atoms with E-state index < -0.39 is 6.09 Å². The number of benzene rings is 2. The van der Waals surface area contributed by atoms with Crippen LogP contribution in [0.25, 0.3) is 17.2 Å². The molecule has 2 heterocycles. The first-order valence-electron chi connectivity index (χ1n) is 10.4. The van der Waals surface area contributed by atoms with E-state index >= 15 is 0 Å². The molecule has 1 amide bonds. The molecule has 5 rings (SSSR count). The van der Waals surface area contributed by atoms with Gasteiger partial charge in [-0.15, -0.1) is 11.3 Å². The van der Waals surface area contributed by atoms with Crippen LogP contribution in [-0.4, -0.2) is 32.5 Å². The van der Waals surface area contributed by atoms with Crippen molar-refractivity contribution in [1.29, 1.82) is 0 Å². The van der Waals surface area contributed by atoms with Gasteiger partial charge in [0.05, 0.1) is 18.1 Å². The molecule has 1 aliphatic carbocycles. The van der Waals surface area contributed by atoms with Gasteiger partial charge in [-0.3, -0.25) is 0 Å². The number of ether oxygens (including phenoxy) is 3. The molecule has 0 saturated carbocycles. The van der Waals surface area contributed by atoms with Crippen molar-refractivity contribution >= 4 is 23.5 Å². The van der Waals surface area contributed by atoms with Gasteiger partial charge in [0.25, 0.3) is 0 Å². The number of thiophene rings is 1. The monoisotopic (exact) mass is 433 g/mol. The summed E-state index contributed by atoms with van der Waals surface area (Å²) in [6.07, 6.45) is 3.22. The van der Waals surface area contributed by atoms with Crippen LogP contribution in [0.1, 0.15) is 33.8 Å². The van der Waals surface area contributed by atoms with Crippen molar-refractivity contribution in [1.82, 2.24) is 5.32 Å². The molecule has 0 radical (unpaired) electrons. The molecule has 0 spiro atoms. The van der Waals surface area contributed by atoms with Gasteiger partial charge in [0.2, 0.25) is 0 Å². The quantitative estimate of drug-likeness (QED) is 0.570. The highest BCUT2D eigenvalue weighted by Gasteiger charge is 2.28. The van der Waals surface area contributed by atoms with E-state index in [-0.39, 0.29) is 12.2 Å². The molecule has 1 aromatic heterocycles. The second-order valence-corrected chi connectivity index (χ2v) is 8.41. The number of fused-ring (bicyclic) bond motifs is 3. The minimum absolute atomic E-state index is 0.0675. The smallest absolute Gasteiger partial charge is 0.407 e. The maximum absolute atomic E-state index is 12.2. The molecule has 1 saturated heterocycles. The third kappa shape index (κ3) is 4.28. The van der Waals surface area contributed by atoms with Gasteiger partial charge in [-0.2, -0.15) is 0 Å². The molecular formula is C25H23NO4S. The van der Waals surface area contributed by atoms with Crippen molar-refractivity contribution in [3.8, 4) is 11.1 Å². The van der Waals surface area contributed by atoms with Crippen LogP contribution in [0, 0.1) is 0 Å². The van der Waals surface area contributed by atoms with Gasteiger partial charge in [-0.1, -0.05) is 60.7 Å². The van der Waals surface area contributed by atoms with Crippen molar-refractivity contribution in [3.05, 3.63) is 87.6 Å². The zero-order valence-electron chi connectivity index (χ0n) is 17.0. The van der Waals surface area contributed by atoms with E-state index in [9.17, 15) is 4.79 Å². The average molecular weight is 434 g/mol.